The molecule has 6 N–H and O–H groups in total. The van der Waals surface area contributed by atoms with Crippen LogP contribution in [0.4, 0.5) is 11.4 Å². The predicted octanol–water partition coefficient (Wildman–Crippen LogP) is 1.89. The van der Waals surface area contributed by atoms with E-state index in [1.807, 2.05) is 38.0 Å². The minimum Gasteiger partial charge on any atom is -0.488 e. The molecule has 66 heavy (non-hydrogen) atoms. The number of likely N-dealkylation sites (N-methyl/N-ethyl adjacent to an activating group) is 2. The second-order valence-corrected chi connectivity index (χ2v) is 13.9. The van der Waals surface area contributed by atoms with Crippen molar-refractivity contribution < 1.29 is 88.3 Å². The van der Waals surface area contributed by atoms with Gasteiger partial charge in [-0.15, -0.1) is 0 Å². The molecular weight excluding hydrogens is 884 g/mol. The summed E-state index contributed by atoms with van der Waals surface area (Å²) in [5, 5.41) is 68.5. The zero-order valence-electron chi connectivity index (χ0n) is 36.4. The van der Waals surface area contributed by atoms with Gasteiger partial charge in [0.15, 0.2) is 0 Å². The molecule has 0 saturated heterocycles. The molecule has 26 nitrogen and oxygen atoms in total. The number of amides is 2. The van der Waals surface area contributed by atoms with Crippen LogP contribution in [0.15, 0.2) is 72.9 Å². The Labute approximate surface area is 375 Å². The second-order valence-electron chi connectivity index (χ2n) is 13.9. The minimum absolute atomic E-state index is 0.106. The molecular formula is C40H50N6O20. The SMILES string of the molecule is CN(C)CCC1CN(C)C(=O)c2cc([N+](=O)[O-])ccc2O1.CN(C)CCC1CN(C)C(=O)c2cc([N+](=O)[O-])ccc2O1.O=C(O)C=CC(=O)O.O=C(O)C=CC(=O)O.O=C(O)C=CC(=O)O. The summed E-state index contributed by atoms with van der Waals surface area (Å²) in [5.41, 5.74) is 0.287. The summed E-state index contributed by atoms with van der Waals surface area (Å²) in [5.74, 6) is -7.21. The van der Waals surface area contributed by atoms with Crippen molar-refractivity contribution in [2.75, 3.05) is 68.5 Å². The Kier molecular flexibility index (Phi) is 25.5. The lowest BCUT2D eigenvalue weighted by Gasteiger charge is -2.22. The predicted molar refractivity (Wildman–Crippen MR) is 229 cm³/mol. The lowest BCUT2D eigenvalue weighted by molar-refractivity contribution is -0.385. The van der Waals surface area contributed by atoms with Crippen LogP contribution in [-0.2, 0) is 28.8 Å². The number of ether oxygens (including phenoxy) is 2. The molecule has 360 valence electrons. The topological polar surface area (TPSA) is 376 Å². The van der Waals surface area contributed by atoms with Crippen LogP contribution in [0.1, 0.15) is 33.6 Å². The van der Waals surface area contributed by atoms with Crippen molar-refractivity contribution >= 4 is 59.0 Å². The number of nitrogens with zero attached hydrogens (tertiary/aromatic N) is 6. The first-order valence-corrected chi connectivity index (χ1v) is 18.8. The molecule has 2 aliphatic heterocycles. The largest absolute Gasteiger partial charge is 0.488 e. The number of carboxylic acids is 6. The fourth-order valence-electron chi connectivity index (χ4n) is 4.96. The highest BCUT2D eigenvalue weighted by Crippen LogP contribution is 2.30. The maximum atomic E-state index is 12.3. The zero-order valence-corrected chi connectivity index (χ0v) is 36.4. The first-order valence-electron chi connectivity index (χ1n) is 18.8. The van der Waals surface area contributed by atoms with Crippen LogP contribution in [0, 0.1) is 20.2 Å². The van der Waals surface area contributed by atoms with Crippen LogP contribution in [0.5, 0.6) is 11.5 Å². The molecule has 0 spiro atoms. The molecule has 2 aromatic rings. The molecule has 2 heterocycles. The highest BCUT2D eigenvalue weighted by Gasteiger charge is 2.30. The van der Waals surface area contributed by atoms with Gasteiger partial charge in [0.25, 0.3) is 23.2 Å². The Hall–Kier alpha value is -8.26. The Morgan fingerprint density at radius 2 is 0.833 bits per heavy atom. The number of hydrogen-bond acceptors (Lipinski definition) is 16. The van der Waals surface area contributed by atoms with E-state index in [4.69, 9.17) is 40.1 Å². The van der Waals surface area contributed by atoms with Crippen LogP contribution >= 0.6 is 0 Å². The summed E-state index contributed by atoms with van der Waals surface area (Å²) in [6.45, 7) is 2.62. The number of benzene rings is 2. The van der Waals surface area contributed by atoms with Gasteiger partial charge >= 0.3 is 35.8 Å². The number of fused-ring (bicyclic) bond motifs is 2. The van der Waals surface area contributed by atoms with E-state index in [-0.39, 0.29) is 46.5 Å². The van der Waals surface area contributed by atoms with E-state index < -0.39 is 45.7 Å². The third-order valence-corrected chi connectivity index (χ3v) is 7.95. The van der Waals surface area contributed by atoms with Gasteiger partial charge in [-0.1, -0.05) is 0 Å². The Morgan fingerprint density at radius 3 is 1.05 bits per heavy atom. The zero-order chi connectivity index (χ0) is 50.8. The van der Waals surface area contributed by atoms with Gasteiger partial charge in [0, 0.05) is 87.9 Å². The molecule has 0 fully saturated rings. The number of carboxylic acid groups (broad SMARTS) is 6. The van der Waals surface area contributed by atoms with Crippen molar-refractivity contribution in [1.82, 2.24) is 19.6 Å². The summed E-state index contributed by atoms with van der Waals surface area (Å²) in [6.07, 6.45) is 4.66. The summed E-state index contributed by atoms with van der Waals surface area (Å²) in [4.78, 5) is 110. The van der Waals surface area contributed by atoms with Crippen molar-refractivity contribution in [3.05, 3.63) is 104 Å². The maximum absolute atomic E-state index is 12.3. The molecule has 4 rings (SSSR count). The standard InChI is InChI=1S/2C14H19N3O4.3C4H4O4/c2*1-15(2)7-6-11-9-16(3)14(18)12-8-10(17(19)20)4-5-13(12)21-11;3*5-3(6)1-2-4(7)8/h2*4-5,8,11H,6-7,9H2,1-3H3;3*1-2H,(H,5,6)(H,7,8). The Balaban J connectivity index is 0.000000871. The molecule has 26 heteroatoms. The minimum atomic E-state index is -1.26. The maximum Gasteiger partial charge on any atom is 0.328 e. The van der Waals surface area contributed by atoms with E-state index in [0.29, 0.717) is 61.0 Å². The third kappa shape index (κ3) is 24.4. The summed E-state index contributed by atoms with van der Waals surface area (Å²) in [6, 6.07) is 8.30. The lowest BCUT2D eigenvalue weighted by atomic mass is 10.1. The summed E-state index contributed by atoms with van der Waals surface area (Å²) < 4.78 is 11.7. The molecule has 2 amide bonds. The second kappa shape index (κ2) is 29.2. The van der Waals surface area contributed by atoms with Crippen molar-refractivity contribution in [2.24, 2.45) is 0 Å². The molecule has 0 saturated carbocycles. The van der Waals surface area contributed by atoms with Crippen LogP contribution < -0.4 is 9.47 Å². The van der Waals surface area contributed by atoms with Gasteiger partial charge in [0.2, 0.25) is 0 Å². The first kappa shape index (κ1) is 57.7. The fraction of sp³-hybridized carbons (Fsp3) is 0.350. The molecule has 2 aliphatic rings. The average Bonchev–Trinajstić information content (AvgIpc) is 3.42. The normalized spacial score (nSPS) is 15.0. The van der Waals surface area contributed by atoms with Gasteiger partial charge < -0.3 is 59.7 Å². The first-order chi connectivity index (χ1) is 30.6. The number of carbonyl (C=O) groups is 8. The molecule has 2 aromatic carbocycles. The Bertz CT molecular complexity index is 1940. The smallest absolute Gasteiger partial charge is 0.328 e. The number of carbonyl (C=O) groups excluding carboxylic acids is 2. The van der Waals surface area contributed by atoms with Gasteiger partial charge in [-0.25, -0.2) is 28.8 Å². The lowest BCUT2D eigenvalue weighted by Crippen LogP contribution is -2.35. The summed E-state index contributed by atoms with van der Waals surface area (Å²) in [7, 11) is 11.3. The number of nitro benzene ring substituents is 2. The van der Waals surface area contributed by atoms with Crippen molar-refractivity contribution in [3.8, 4) is 11.5 Å². The van der Waals surface area contributed by atoms with Crippen molar-refractivity contribution in [1.29, 1.82) is 0 Å². The van der Waals surface area contributed by atoms with Gasteiger partial charge in [-0.3, -0.25) is 29.8 Å². The fourth-order valence-corrected chi connectivity index (χ4v) is 4.96. The number of aliphatic carboxylic acids is 6. The monoisotopic (exact) mass is 934 g/mol. The quantitative estimate of drug-likeness (QED) is 0.0894. The van der Waals surface area contributed by atoms with Crippen LogP contribution in [0.25, 0.3) is 0 Å². The van der Waals surface area contributed by atoms with E-state index in [1.54, 1.807) is 23.9 Å². The molecule has 0 aliphatic carbocycles. The summed E-state index contributed by atoms with van der Waals surface area (Å²) >= 11 is 0. The van der Waals surface area contributed by atoms with E-state index in [9.17, 15) is 58.6 Å². The van der Waals surface area contributed by atoms with Gasteiger partial charge in [0.05, 0.1) is 34.1 Å². The average molecular weight is 935 g/mol. The van der Waals surface area contributed by atoms with Gasteiger partial charge in [0.1, 0.15) is 23.7 Å². The van der Waals surface area contributed by atoms with E-state index in [1.165, 1.54) is 36.4 Å². The van der Waals surface area contributed by atoms with E-state index >= 15 is 0 Å². The number of non-ortho nitro benzene ring substituents is 2. The van der Waals surface area contributed by atoms with Crippen LogP contribution in [0.3, 0.4) is 0 Å². The van der Waals surface area contributed by atoms with E-state index in [2.05, 4.69) is 0 Å². The molecule has 2 atom stereocenters. The highest BCUT2D eigenvalue weighted by atomic mass is 16.6. The highest BCUT2D eigenvalue weighted by molar-refractivity contribution is 5.98. The Morgan fingerprint density at radius 1 is 0.576 bits per heavy atom. The van der Waals surface area contributed by atoms with Crippen molar-refractivity contribution in [2.45, 2.75) is 25.0 Å². The van der Waals surface area contributed by atoms with Crippen LogP contribution in [0.2, 0.25) is 0 Å². The van der Waals surface area contributed by atoms with Crippen molar-refractivity contribution in [3.63, 3.8) is 0 Å². The molecule has 0 radical (unpaired) electrons. The molecule has 0 aromatic heterocycles. The van der Waals surface area contributed by atoms with Gasteiger partial charge in [-0.2, -0.15) is 0 Å². The number of rotatable bonds is 14. The third-order valence-electron chi connectivity index (χ3n) is 7.95. The van der Waals surface area contributed by atoms with E-state index in [0.717, 1.165) is 25.9 Å². The molecule has 0 bridgehead atoms. The number of nitro groups is 2. The molecule has 2 unspecified atom stereocenters. The van der Waals surface area contributed by atoms with Crippen LogP contribution in [-0.4, -0.2) is 188 Å². The van der Waals surface area contributed by atoms with Gasteiger partial charge in [-0.05, 0) is 53.2 Å². The number of hydrogen-bond donors (Lipinski definition) is 6.